The summed E-state index contributed by atoms with van der Waals surface area (Å²) in [6.07, 6.45) is 1.88. The molecule has 2 N–H and O–H groups in total. The van der Waals surface area contributed by atoms with Crippen LogP contribution >= 0.6 is 11.6 Å². The third kappa shape index (κ3) is 4.21. The Hall–Kier alpha value is -3.65. The van der Waals surface area contributed by atoms with E-state index in [2.05, 4.69) is 25.7 Å². The number of amides is 2. The van der Waals surface area contributed by atoms with Crippen molar-refractivity contribution in [3.05, 3.63) is 75.7 Å². The lowest BCUT2D eigenvalue weighted by atomic mass is 10.1. The Morgan fingerprint density at radius 1 is 1.15 bits per heavy atom. The van der Waals surface area contributed by atoms with E-state index in [1.165, 1.54) is 0 Å². The van der Waals surface area contributed by atoms with Gasteiger partial charge in [0.2, 0.25) is 0 Å². The molecule has 3 aromatic rings. The molecule has 2 aliphatic rings. The number of aromatic nitrogens is 1. The van der Waals surface area contributed by atoms with Crippen molar-refractivity contribution in [1.82, 2.24) is 15.6 Å². The molecular formula is C24H21ClFN6O+. The molecule has 2 amide bonds. The number of aliphatic imine (C=N–C) groups is 1. The number of nitrogens with zero attached hydrogens (tertiary/aromatic N) is 4. The maximum atomic E-state index is 14.5. The third-order valence-corrected chi connectivity index (χ3v) is 6.01. The lowest BCUT2D eigenvalue weighted by Crippen LogP contribution is -2.55. The SMILES string of the molecule is Cc1ccc2ccc(C[N+]3=CC4C(=NCc5c(Cl)ccc(C)c5F)NC(=O)NC4=N3)cc2n1. The zero-order valence-corrected chi connectivity index (χ0v) is 18.8. The summed E-state index contributed by atoms with van der Waals surface area (Å²) in [7, 11) is 0. The van der Waals surface area contributed by atoms with E-state index in [1.54, 1.807) is 23.7 Å². The normalized spacial score (nSPS) is 18.6. The fraction of sp³-hybridized carbons (Fsp3) is 0.208. The van der Waals surface area contributed by atoms with Gasteiger partial charge in [0.05, 0.1) is 12.1 Å². The number of carbonyl (C=O) groups excluding carboxylic acids is 1. The molecule has 7 nitrogen and oxygen atoms in total. The molecule has 1 fully saturated rings. The summed E-state index contributed by atoms with van der Waals surface area (Å²) in [5.74, 6) is 0.115. The predicted octanol–water partition coefficient (Wildman–Crippen LogP) is 4.08. The highest BCUT2D eigenvalue weighted by Gasteiger charge is 2.38. The van der Waals surface area contributed by atoms with Gasteiger partial charge in [0.1, 0.15) is 11.7 Å². The molecule has 0 spiro atoms. The van der Waals surface area contributed by atoms with Crippen LogP contribution in [-0.2, 0) is 13.1 Å². The second-order valence-electron chi connectivity index (χ2n) is 8.13. The largest absolute Gasteiger partial charge is 0.325 e. The fourth-order valence-electron chi connectivity index (χ4n) is 3.92. The van der Waals surface area contributed by atoms with Crippen LogP contribution < -0.4 is 10.6 Å². The number of pyridine rings is 1. The van der Waals surface area contributed by atoms with Crippen LogP contribution in [0.5, 0.6) is 0 Å². The minimum absolute atomic E-state index is 0.00920. The van der Waals surface area contributed by atoms with Crippen LogP contribution in [0.15, 0.2) is 52.6 Å². The molecule has 0 bridgehead atoms. The van der Waals surface area contributed by atoms with E-state index in [4.69, 9.17) is 11.6 Å². The van der Waals surface area contributed by atoms with Gasteiger partial charge in [-0.2, -0.15) is 0 Å². The van der Waals surface area contributed by atoms with Gasteiger partial charge in [-0.05, 0) is 37.6 Å². The van der Waals surface area contributed by atoms with Crippen LogP contribution in [0.25, 0.3) is 10.9 Å². The van der Waals surface area contributed by atoms with Crippen molar-refractivity contribution in [3.63, 3.8) is 0 Å². The Kier molecular flexibility index (Phi) is 5.38. The summed E-state index contributed by atoms with van der Waals surface area (Å²) >= 11 is 6.17. The average Bonchev–Trinajstić information content (AvgIpc) is 3.18. The number of nitrogens with one attached hydrogen (secondary N) is 2. The molecule has 2 aromatic carbocycles. The van der Waals surface area contributed by atoms with Crippen molar-refractivity contribution in [3.8, 4) is 0 Å². The Morgan fingerprint density at radius 2 is 1.97 bits per heavy atom. The number of urea groups is 1. The van der Waals surface area contributed by atoms with Crippen molar-refractivity contribution in [2.75, 3.05) is 0 Å². The molecule has 9 heteroatoms. The lowest BCUT2D eigenvalue weighted by molar-refractivity contribution is -0.542. The summed E-state index contributed by atoms with van der Waals surface area (Å²) in [5.41, 5.74) is 3.70. The van der Waals surface area contributed by atoms with E-state index < -0.39 is 11.8 Å². The Labute approximate surface area is 194 Å². The first-order chi connectivity index (χ1) is 15.9. The standard InChI is InChI=1S/C24H20ClFN6O/c1-13-3-8-19(25)17(21(13)26)10-27-22-18-12-32(31-23(18)30-24(33)29-22)11-15-5-7-16-6-4-14(2)28-20(16)9-15/h3-9,12,18H,10-11H2,1-2H3,(H-,27,29,30,31,33)/p+1. The second-order valence-corrected chi connectivity index (χ2v) is 8.53. The van der Waals surface area contributed by atoms with Gasteiger partial charge in [0, 0.05) is 32.3 Å². The van der Waals surface area contributed by atoms with Gasteiger partial charge >= 0.3 is 6.03 Å². The molecule has 1 unspecified atom stereocenters. The summed E-state index contributed by atoms with van der Waals surface area (Å²) in [6, 6.07) is 13.0. The van der Waals surface area contributed by atoms with Crippen LogP contribution in [-0.4, -0.2) is 33.6 Å². The van der Waals surface area contributed by atoms with Gasteiger partial charge in [0.15, 0.2) is 24.5 Å². The van der Waals surface area contributed by atoms with Crippen LogP contribution in [0.2, 0.25) is 5.02 Å². The third-order valence-electron chi connectivity index (χ3n) is 5.66. The molecule has 1 saturated heterocycles. The van der Waals surface area contributed by atoms with Crippen LogP contribution in [0.1, 0.15) is 22.4 Å². The predicted molar refractivity (Wildman–Crippen MR) is 126 cm³/mol. The van der Waals surface area contributed by atoms with Gasteiger partial charge in [0.25, 0.3) is 0 Å². The number of hydrogen-bond donors (Lipinski definition) is 2. The van der Waals surface area contributed by atoms with Crippen molar-refractivity contribution in [1.29, 1.82) is 0 Å². The fourth-order valence-corrected chi connectivity index (χ4v) is 4.13. The maximum absolute atomic E-state index is 14.5. The Bertz CT molecular complexity index is 1400. The van der Waals surface area contributed by atoms with Crippen LogP contribution in [0.4, 0.5) is 9.18 Å². The van der Waals surface area contributed by atoms with Gasteiger partial charge in [-0.15, -0.1) is 0 Å². The number of hydrazone groups is 1. The monoisotopic (exact) mass is 463 g/mol. The lowest BCUT2D eigenvalue weighted by Gasteiger charge is -2.19. The number of rotatable bonds is 4. The molecule has 0 radical (unpaired) electrons. The van der Waals surface area contributed by atoms with Gasteiger partial charge in [-0.25, -0.2) is 9.18 Å². The topological polar surface area (TPSA) is 81.8 Å². The highest BCUT2D eigenvalue weighted by atomic mass is 35.5. The quantitative estimate of drug-likeness (QED) is 0.571. The zero-order valence-electron chi connectivity index (χ0n) is 18.1. The molecular weight excluding hydrogens is 443 g/mol. The van der Waals surface area contributed by atoms with Crippen molar-refractivity contribution in [2.45, 2.75) is 26.9 Å². The van der Waals surface area contributed by atoms with E-state index in [-0.39, 0.29) is 12.5 Å². The number of carbonyl (C=O) groups is 1. The first-order valence-electron chi connectivity index (χ1n) is 10.5. The average molecular weight is 464 g/mol. The number of hydrogen-bond acceptors (Lipinski definition) is 4. The summed E-state index contributed by atoms with van der Waals surface area (Å²) in [5, 5.41) is 11.3. The molecule has 0 aliphatic carbocycles. The molecule has 1 atom stereocenters. The van der Waals surface area contributed by atoms with Crippen molar-refractivity contribution >= 4 is 46.4 Å². The molecule has 0 saturated carbocycles. The van der Waals surface area contributed by atoms with Crippen molar-refractivity contribution in [2.24, 2.45) is 16.0 Å². The van der Waals surface area contributed by atoms with E-state index in [9.17, 15) is 9.18 Å². The number of benzene rings is 2. The van der Waals surface area contributed by atoms with E-state index in [0.717, 1.165) is 22.2 Å². The van der Waals surface area contributed by atoms with E-state index >= 15 is 0 Å². The summed E-state index contributed by atoms with van der Waals surface area (Å²) < 4.78 is 16.3. The Morgan fingerprint density at radius 3 is 2.82 bits per heavy atom. The molecule has 3 heterocycles. The smallest absolute Gasteiger partial charge is 0.295 e. The molecule has 5 rings (SSSR count). The van der Waals surface area contributed by atoms with Crippen LogP contribution in [0, 0.1) is 25.6 Å². The van der Waals surface area contributed by atoms with E-state index in [0.29, 0.717) is 34.4 Å². The minimum atomic E-state index is -0.430. The second kappa shape index (κ2) is 8.37. The zero-order chi connectivity index (χ0) is 23.1. The summed E-state index contributed by atoms with van der Waals surface area (Å²) in [4.78, 5) is 21.2. The van der Waals surface area contributed by atoms with Gasteiger partial charge < -0.3 is 0 Å². The number of aryl methyl sites for hydroxylation is 2. The molecule has 1 aromatic heterocycles. The molecule has 2 aliphatic heterocycles. The van der Waals surface area contributed by atoms with E-state index in [1.807, 2.05) is 43.5 Å². The van der Waals surface area contributed by atoms with Gasteiger partial charge in [-0.1, -0.05) is 40.6 Å². The number of halogens is 2. The molecule has 166 valence electrons. The van der Waals surface area contributed by atoms with Crippen LogP contribution in [0.3, 0.4) is 0 Å². The first-order valence-corrected chi connectivity index (χ1v) is 10.9. The summed E-state index contributed by atoms with van der Waals surface area (Å²) in [6.45, 7) is 4.15. The maximum Gasteiger partial charge on any atom is 0.325 e. The van der Waals surface area contributed by atoms with Crippen molar-refractivity contribution < 1.29 is 13.9 Å². The highest BCUT2D eigenvalue weighted by Crippen LogP contribution is 2.23. The minimum Gasteiger partial charge on any atom is -0.295 e. The highest BCUT2D eigenvalue weighted by molar-refractivity contribution is 6.31. The number of amidine groups is 2. The number of fused-ring (bicyclic) bond motifs is 2. The van der Waals surface area contributed by atoms with Gasteiger partial charge in [-0.3, -0.25) is 20.6 Å². The Balaban J connectivity index is 1.41. The molecule has 33 heavy (non-hydrogen) atoms. The first kappa shape index (κ1) is 21.2.